The molecule has 1 N–H and O–H groups in total. The van der Waals surface area contributed by atoms with Crippen LogP contribution in [0, 0.1) is 19.8 Å². The third kappa shape index (κ3) is 7.05. The fourth-order valence-electron chi connectivity index (χ4n) is 4.39. The van der Waals surface area contributed by atoms with Crippen molar-refractivity contribution in [2.24, 2.45) is 5.92 Å². The van der Waals surface area contributed by atoms with E-state index in [2.05, 4.69) is 56.2 Å². The lowest BCUT2D eigenvalue weighted by atomic mass is 10.00. The number of fused-ring (bicyclic) bond motifs is 1. The maximum absolute atomic E-state index is 13.5. The topological polar surface area (TPSA) is 53.0 Å². The van der Waals surface area contributed by atoms with Crippen LogP contribution in [0.2, 0.25) is 0 Å². The summed E-state index contributed by atoms with van der Waals surface area (Å²) < 4.78 is 6.26. The van der Waals surface area contributed by atoms with E-state index in [4.69, 9.17) is 4.74 Å². The Labute approximate surface area is 203 Å². The monoisotopic (exact) mass is 472 g/mol. The first-order chi connectivity index (χ1) is 15.8. The minimum atomic E-state index is -0.404. The number of benzene rings is 1. The van der Waals surface area contributed by atoms with Crippen molar-refractivity contribution in [2.75, 3.05) is 32.8 Å². The zero-order valence-corrected chi connectivity index (χ0v) is 21.7. The van der Waals surface area contributed by atoms with E-state index in [0.29, 0.717) is 38.6 Å². The van der Waals surface area contributed by atoms with Crippen molar-refractivity contribution in [2.45, 2.75) is 66.0 Å². The molecular weight excluding hydrogens is 432 g/mol. The zero-order valence-electron chi connectivity index (χ0n) is 20.8. The van der Waals surface area contributed by atoms with Gasteiger partial charge in [0.05, 0.1) is 18.7 Å². The van der Waals surface area contributed by atoms with Gasteiger partial charge in [0.15, 0.2) is 0 Å². The van der Waals surface area contributed by atoms with Crippen LogP contribution in [0.15, 0.2) is 29.6 Å². The molecule has 5 nitrogen and oxygen atoms in total. The number of aliphatic hydroxyl groups excluding tert-OH is 1. The number of carbonyl (C=O) groups is 1. The van der Waals surface area contributed by atoms with Gasteiger partial charge in [0.2, 0.25) is 5.91 Å². The highest BCUT2D eigenvalue weighted by molar-refractivity contribution is 7.10. The number of amides is 1. The minimum Gasteiger partial charge on any atom is -0.491 e. The summed E-state index contributed by atoms with van der Waals surface area (Å²) >= 11 is 1.77. The Morgan fingerprint density at radius 1 is 1.30 bits per heavy atom. The smallest absolute Gasteiger partial charge is 0.237 e. The van der Waals surface area contributed by atoms with Gasteiger partial charge in [-0.15, -0.1) is 11.3 Å². The Balaban J connectivity index is 1.74. The fraction of sp³-hybridized carbons (Fsp3) is 0.593. The lowest BCUT2D eigenvalue weighted by molar-refractivity contribution is -0.136. The van der Waals surface area contributed by atoms with Crippen LogP contribution in [0.25, 0.3) is 0 Å². The van der Waals surface area contributed by atoms with Crippen LogP contribution >= 0.6 is 11.3 Å². The van der Waals surface area contributed by atoms with Gasteiger partial charge in [-0.05, 0) is 74.2 Å². The number of hydrogen-bond acceptors (Lipinski definition) is 5. The van der Waals surface area contributed by atoms with Crippen LogP contribution in [0.1, 0.15) is 61.2 Å². The quantitative estimate of drug-likeness (QED) is 0.501. The molecule has 0 aliphatic carbocycles. The molecule has 2 atom stereocenters. The Morgan fingerprint density at radius 2 is 2.09 bits per heavy atom. The average Bonchev–Trinajstić information content (AvgIpc) is 3.25. The first-order valence-corrected chi connectivity index (χ1v) is 13.1. The first-order valence-electron chi connectivity index (χ1n) is 12.2. The lowest BCUT2D eigenvalue weighted by Gasteiger charge is -2.37. The van der Waals surface area contributed by atoms with Gasteiger partial charge in [-0.1, -0.05) is 38.5 Å². The number of hydrogen-bond donors (Lipinski definition) is 1. The van der Waals surface area contributed by atoms with Crippen LogP contribution in [0.3, 0.4) is 0 Å². The molecule has 1 aliphatic rings. The van der Waals surface area contributed by atoms with Gasteiger partial charge < -0.3 is 14.7 Å². The van der Waals surface area contributed by atoms with Crippen LogP contribution in [0.4, 0.5) is 0 Å². The molecule has 0 fully saturated rings. The summed E-state index contributed by atoms with van der Waals surface area (Å²) in [4.78, 5) is 19.0. The molecule has 3 rings (SSSR count). The zero-order chi connectivity index (χ0) is 24.0. The Kier molecular flexibility index (Phi) is 9.36. The second kappa shape index (κ2) is 12.0. The Morgan fingerprint density at radius 3 is 2.79 bits per heavy atom. The van der Waals surface area contributed by atoms with E-state index in [-0.39, 0.29) is 11.9 Å². The van der Waals surface area contributed by atoms with Gasteiger partial charge in [-0.3, -0.25) is 9.69 Å². The van der Waals surface area contributed by atoms with Crippen LogP contribution in [-0.4, -0.2) is 59.7 Å². The van der Waals surface area contributed by atoms with Crippen molar-refractivity contribution in [1.82, 2.24) is 9.80 Å². The number of thiophene rings is 1. The molecular formula is C27H40N2O3S. The molecule has 0 radical (unpaired) electrons. The molecule has 1 aromatic carbocycles. The van der Waals surface area contributed by atoms with E-state index in [1.54, 1.807) is 11.3 Å². The highest BCUT2D eigenvalue weighted by Gasteiger charge is 2.33. The summed E-state index contributed by atoms with van der Waals surface area (Å²) in [7, 11) is 0. The van der Waals surface area contributed by atoms with Crippen LogP contribution in [0.5, 0.6) is 5.75 Å². The normalized spacial score (nSPS) is 16.8. The van der Waals surface area contributed by atoms with Crippen molar-refractivity contribution in [3.8, 4) is 5.75 Å². The van der Waals surface area contributed by atoms with Crippen molar-refractivity contribution in [1.29, 1.82) is 0 Å². The second-order valence-corrected chi connectivity index (χ2v) is 10.7. The summed E-state index contributed by atoms with van der Waals surface area (Å²) in [5.41, 5.74) is 3.54. The number of aliphatic hydroxyl groups is 1. The van der Waals surface area contributed by atoms with E-state index in [0.717, 1.165) is 30.7 Å². The minimum absolute atomic E-state index is 0.0868. The molecule has 1 aromatic heterocycles. The predicted molar refractivity (Wildman–Crippen MR) is 136 cm³/mol. The summed E-state index contributed by atoms with van der Waals surface area (Å²) in [6.07, 6.45) is 2.19. The predicted octanol–water partition coefficient (Wildman–Crippen LogP) is 4.99. The number of aryl methyl sites for hydroxylation is 2. The summed E-state index contributed by atoms with van der Waals surface area (Å²) in [6.45, 7) is 13.4. The molecule has 0 unspecified atom stereocenters. The van der Waals surface area contributed by atoms with Gasteiger partial charge in [0.25, 0.3) is 0 Å². The van der Waals surface area contributed by atoms with E-state index in [1.165, 1.54) is 16.0 Å². The maximum atomic E-state index is 13.5. The Hall–Kier alpha value is -1.89. The largest absolute Gasteiger partial charge is 0.491 e. The van der Waals surface area contributed by atoms with Crippen molar-refractivity contribution >= 4 is 17.2 Å². The molecule has 33 heavy (non-hydrogen) atoms. The number of rotatable bonds is 11. The highest BCUT2D eigenvalue weighted by Crippen LogP contribution is 2.34. The summed E-state index contributed by atoms with van der Waals surface area (Å²) in [6, 6.07) is 8.27. The molecule has 182 valence electrons. The third-order valence-corrected chi connectivity index (χ3v) is 7.46. The number of carbonyl (C=O) groups excluding carboxylic acids is 1. The van der Waals surface area contributed by atoms with E-state index >= 15 is 0 Å². The van der Waals surface area contributed by atoms with Gasteiger partial charge in [-0.25, -0.2) is 0 Å². The maximum Gasteiger partial charge on any atom is 0.237 e. The SMILES string of the molecule is CC[C@@H](O)CN(CCC(C)C)CC(=O)N1CCc2sccc2[C@@H]1COc1ccc(C)cc1C. The van der Waals surface area contributed by atoms with Gasteiger partial charge in [0.1, 0.15) is 12.4 Å². The van der Waals surface area contributed by atoms with Crippen molar-refractivity contribution < 1.29 is 14.6 Å². The van der Waals surface area contributed by atoms with Crippen LogP contribution < -0.4 is 4.74 Å². The second-order valence-electron chi connectivity index (χ2n) is 9.71. The summed E-state index contributed by atoms with van der Waals surface area (Å²) in [5.74, 6) is 1.55. The lowest BCUT2D eigenvalue weighted by Crippen LogP contribution is -2.48. The van der Waals surface area contributed by atoms with E-state index in [1.807, 2.05) is 17.9 Å². The van der Waals surface area contributed by atoms with Crippen molar-refractivity contribution in [3.05, 3.63) is 51.2 Å². The molecule has 1 amide bonds. The molecule has 1 aliphatic heterocycles. The van der Waals surface area contributed by atoms with Crippen LogP contribution in [-0.2, 0) is 11.2 Å². The first kappa shape index (κ1) is 25.7. The molecule has 0 saturated carbocycles. The number of ether oxygens (including phenoxy) is 1. The molecule has 0 saturated heterocycles. The average molecular weight is 473 g/mol. The van der Waals surface area contributed by atoms with Gasteiger partial charge in [-0.2, -0.15) is 0 Å². The molecule has 0 spiro atoms. The Bertz CT molecular complexity index is 911. The fourth-order valence-corrected chi connectivity index (χ4v) is 5.32. The van der Waals surface area contributed by atoms with E-state index in [9.17, 15) is 9.90 Å². The summed E-state index contributed by atoms with van der Waals surface area (Å²) in [5, 5.41) is 12.4. The number of nitrogens with zero attached hydrogens (tertiary/aromatic N) is 2. The standard InChI is InChI=1S/C27H40N2O3S/c1-6-22(30)16-28(12-9-19(2)3)17-27(31)29-13-10-26-23(11-14-33-26)24(29)18-32-25-8-7-20(4)15-21(25)5/h7-8,11,14-15,19,22,24,30H,6,9-10,12-13,16-18H2,1-5H3/t22-,24+/m1/s1. The molecule has 0 bridgehead atoms. The van der Waals surface area contributed by atoms with Gasteiger partial charge >= 0.3 is 0 Å². The third-order valence-electron chi connectivity index (χ3n) is 6.46. The molecule has 2 aromatic rings. The van der Waals surface area contributed by atoms with E-state index < -0.39 is 6.10 Å². The molecule has 6 heteroatoms. The van der Waals surface area contributed by atoms with Crippen molar-refractivity contribution in [3.63, 3.8) is 0 Å². The highest BCUT2D eigenvalue weighted by atomic mass is 32.1. The van der Waals surface area contributed by atoms with Gasteiger partial charge in [0, 0.05) is 18.0 Å². The molecule has 2 heterocycles.